The number of nitrogens with zero attached hydrogens (tertiary/aromatic N) is 1. The second-order valence-corrected chi connectivity index (χ2v) is 12.3. The van der Waals surface area contributed by atoms with E-state index in [0.717, 1.165) is 28.5 Å². The van der Waals surface area contributed by atoms with E-state index in [2.05, 4.69) is 6.58 Å². The Morgan fingerprint density at radius 2 is 1.81 bits per heavy atom. The third kappa shape index (κ3) is 9.32. The predicted octanol–water partition coefficient (Wildman–Crippen LogP) is 8.11. The Morgan fingerprint density at radius 1 is 1.11 bits per heavy atom. The highest BCUT2D eigenvalue weighted by molar-refractivity contribution is 7.92. The number of rotatable bonds is 11. The highest BCUT2D eigenvalue weighted by atomic mass is 35.5. The third-order valence-corrected chi connectivity index (χ3v) is 9.06. The number of carbonyl (C=O) groups excluding carboxylic acids is 1. The lowest BCUT2D eigenvalue weighted by Gasteiger charge is -2.24. The number of amides is 1. The predicted molar refractivity (Wildman–Crippen MR) is 153 cm³/mol. The number of thiophene rings is 1. The van der Waals surface area contributed by atoms with Crippen LogP contribution < -0.4 is 4.72 Å². The molecular formula is C25H23Cl4FN2O3S2. The lowest BCUT2D eigenvalue weighted by atomic mass is 10.1. The molecule has 0 radical (unpaired) electrons. The van der Waals surface area contributed by atoms with Crippen molar-refractivity contribution in [3.05, 3.63) is 109 Å². The van der Waals surface area contributed by atoms with Crippen LogP contribution in [0.3, 0.4) is 0 Å². The molecule has 0 unspecified atom stereocenters. The summed E-state index contributed by atoms with van der Waals surface area (Å²) in [5.41, 5.74) is 2.72. The van der Waals surface area contributed by atoms with Gasteiger partial charge >= 0.3 is 0 Å². The van der Waals surface area contributed by atoms with Crippen LogP contribution in [-0.4, -0.2) is 25.9 Å². The van der Waals surface area contributed by atoms with Gasteiger partial charge in [-0.1, -0.05) is 77.3 Å². The molecule has 37 heavy (non-hydrogen) atoms. The van der Waals surface area contributed by atoms with Crippen molar-refractivity contribution >= 4 is 73.7 Å². The van der Waals surface area contributed by atoms with E-state index in [1.54, 1.807) is 44.3 Å². The van der Waals surface area contributed by atoms with Gasteiger partial charge in [0.1, 0.15) is 15.2 Å². The van der Waals surface area contributed by atoms with Gasteiger partial charge in [0.05, 0.1) is 5.02 Å². The number of carbonyl (C=O) groups is 1. The normalized spacial score (nSPS) is 13.2. The largest absolute Gasteiger partial charge is 0.346 e. The second kappa shape index (κ2) is 14.2. The Labute approximate surface area is 240 Å². The molecular weight excluding hydrogens is 601 g/mol. The van der Waals surface area contributed by atoms with Crippen molar-refractivity contribution in [2.75, 3.05) is 6.67 Å². The fourth-order valence-electron chi connectivity index (χ4n) is 2.96. The molecule has 2 rings (SSSR count). The molecule has 12 heteroatoms. The minimum absolute atomic E-state index is 0.0770. The van der Waals surface area contributed by atoms with Gasteiger partial charge in [0.15, 0.2) is 0 Å². The lowest BCUT2D eigenvalue weighted by Crippen LogP contribution is -2.28. The average molecular weight is 624 g/mol. The van der Waals surface area contributed by atoms with Crippen molar-refractivity contribution in [2.45, 2.75) is 24.6 Å². The molecule has 1 amide bonds. The summed E-state index contributed by atoms with van der Waals surface area (Å²) in [5.74, 6) is -0.877. The number of nitrogens with one attached hydrogen (secondary N) is 1. The van der Waals surface area contributed by atoms with Crippen molar-refractivity contribution in [3.63, 3.8) is 0 Å². The van der Waals surface area contributed by atoms with E-state index in [-0.39, 0.29) is 13.6 Å². The van der Waals surface area contributed by atoms with Gasteiger partial charge in [-0.3, -0.25) is 4.79 Å². The summed E-state index contributed by atoms with van der Waals surface area (Å²) in [6, 6.07) is 6.30. The summed E-state index contributed by atoms with van der Waals surface area (Å²) in [5, 5.41) is 1.03. The third-order valence-electron chi connectivity index (χ3n) is 4.79. The summed E-state index contributed by atoms with van der Waals surface area (Å²) in [6.07, 6.45) is 8.82. The number of benzene rings is 1. The van der Waals surface area contributed by atoms with Gasteiger partial charge in [-0.15, -0.1) is 11.3 Å². The first-order valence-corrected chi connectivity index (χ1v) is 14.3. The van der Waals surface area contributed by atoms with Crippen molar-refractivity contribution in [2.24, 2.45) is 0 Å². The molecule has 0 aliphatic rings. The molecule has 0 atom stereocenters. The van der Waals surface area contributed by atoms with E-state index in [0.29, 0.717) is 27.9 Å². The van der Waals surface area contributed by atoms with Crippen LogP contribution in [0.15, 0.2) is 88.5 Å². The smallest absolute Gasteiger partial charge is 0.273 e. The van der Waals surface area contributed by atoms with Crippen LogP contribution in [0, 0.1) is 0 Å². The number of hydrogen-bond donors (Lipinski definition) is 1. The first-order valence-electron chi connectivity index (χ1n) is 10.5. The van der Waals surface area contributed by atoms with Gasteiger partial charge in [-0.25, -0.2) is 17.5 Å². The first kappa shape index (κ1) is 31.1. The van der Waals surface area contributed by atoms with Crippen molar-refractivity contribution in [1.29, 1.82) is 0 Å². The van der Waals surface area contributed by atoms with Gasteiger partial charge in [0.25, 0.3) is 15.9 Å². The zero-order chi connectivity index (χ0) is 27.8. The fourth-order valence-corrected chi connectivity index (χ4v) is 6.25. The van der Waals surface area contributed by atoms with Crippen molar-refractivity contribution in [1.82, 2.24) is 9.62 Å². The quantitative estimate of drug-likeness (QED) is 0.203. The zero-order valence-corrected chi connectivity index (χ0v) is 24.4. The molecule has 0 aliphatic heterocycles. The highest BCUT2D eigenvalue weighted by Gasteiger charge is 2.21. The molecule has 0 saturated carbocycles. The van der Waals surface area contributed by atoms with Crippen LogP contribution in [0.25, 0.3) is 0 Å². The van der Waals surface area contributed by atoms with E-state index in [1.165, 1.54) is 24.3 Å². The molecule has 1 N–H and O–H groups in total. The minimum atomic E-state index is -4.15. The van der Waals surface area contributed by atoms with Gasteiger partial charge in [-0.05, 0) is 54.8 Å². The summed E-state index contributed by atoms with van der Waals surface area (Å²) in [7, 11) is -4.15. The van der Waals surface area contributed by atoms with Gasteiger partial charge in [0, 0.05) is 34.6 Å². The van der Waals surface area contributed by atoms with E-state index in [9.17, 15) is 17.6 Å². The standard InChI is InChI=1S/C25H23Cl4FN2O3S2/c1-4-18(8-10-23(33)31-37(34,35)24-13-22(28)25(29)36-24)17(3)32(14-16(2)6-5-11-30)15-19-7-9-20(26)12-21(19)27/h4-10,12-14H,1,11,15H2,2-3H3,(H,31,33)/b6-5+,10-8+,16-14-,18-17-. The van der Waals surface area contributed by atoms with Crippen molar-refractivity contribution < 1.29 is 17.6 Å². The zero-order valence-electron chi connectivity index (χ0n) is 19.8. The van der Waals surface area contributed by atoms with Crippen LogP contribution in [0.2, 0.25) is 19.4 Å². The van der Waals surface area contributed by atoms with Crippen molar-refractivity contribution in [3.8, 4) is 0 Å². The van der Waals surface area contributed by atoms with E-state index in [4.69, 9.17) is 46.4 Å². The van der Waals surface area contributed by atoms with E-state index >= 15 is 0 Å². The summed E-state index contributed by atoms with van der Waals surface area (Å²) < 4.78 is 39.4. The molecule has 1 aromatic carbocycles. The maximum Gasteiger partial charge on any atom is 0.273 e. The van der Waals surface area contributed by atoms with E-state index < -0.39 is 22.6 Å². The summed E-state index contributed by atoms with van der Waals surface area (Å²) >= 11 is 24.8. The van der Waals surface area contributed by atoms with Crippen LogP contribution >= 0.6 is 57.7 Å². The SMILES string of the molecule is C=CC(/C=C/C(=O)NS(=O)(=O)c1cc(Cl)c(Cl)s1)=C(\C)N(/C=C(C)\C=C\CF)Cc1ccc(Cl)cc1Cl. The molecule has 198 valence electrons. The van der Waals surface area contributed by atoms with Gasteiger partial charge in [-0.2, -0.15) is 0 Å². The number of allylic oxidation sites excluding steroid dienone is 7. The molecule has 2 aromatic rings. The molecule has 0 aliphatic carbocycles. The van der Waals surface area contributed by atoms with Gasteiger partial charge in [0.2, 0.25) is 0 Å². The molecule has 1 aromatic heterocycles. The Balaban J connectivity index is 2.37. The van der Waals surface area contributed by atoms with Crippen LogP contribution in [-0.2, 0) is 21.4 Å². The monoisotopic (exact) mass is 622 g/mol. The Bertz CT molecular complexity index is 1380. The number of hydrogen-bond acceptors (Lipinski definition) is 5. The van der Waals surface area contributed by atoms with E-state index in [1.807, 2.05) is 9.62 Å². The fraction of sp³-hybridized carbons (Fsp3) is 0.160. The van der Waals surface area contributed by atoms with Gasteiger partial charge < -0.3 is 4.90 Å². The maximum atomic E-state index is 12.6. The van der Waals surface area contributed by atoms with Crippen LogP contribution in [0.1, 0.15) is 19.4 Å². The maximum absolute atomic E-state index is 12.6. The highest BCUT2D eigenvalue weighted by Crippen LogP contribution is 2.34. The lowest BCUT2D eigenvalue weighted by molar-refractivity contribution is -0.114. The molecule has 0 fully saturated rings. The number of halogens is 5. The Hall–Kier alpha value is -2.07. The summed E-state index contributed by atoms with van der Waals surface area (Å²) in [6.45, 7) is 7.12. The average Bonchev–Trinajstić information content (AvgIpc) is 3.17. The minimum Gasteiger partial charge on any atom is -0.346 e. The Kier molecular flexibility index (Phi) is 11.9. The van der Waals surface area contributed by atoms with Crippen LogP contribution in [0.5, 0.6) is 0 Å². The molecule has 0 bridgehead atoms. The first-order chi connectivity index (χ1) is 17.4. The summed E-state index contributed by atoms with van der Waals surface area (Å²) in [4.78, 5) is 14.3. The molecule has 0 spiro atoms. The molecule has 1 heterocycles. The Morgan fingerprint density at radius 3 is 2.38 bits per heavy atom. The molecule has 5 nitrogen and oxygen atoms in total. The number of sulfonamides is 1. The van der Waals surface area contributed by atoms with Crippen LogP contribution in [0.4, 0.5) is 4.39 Å². The number of alkyl halides is 1. The second-order valence-electron chi connectivity index (χ2n) is 7.53. The topological polar surface area (TPSA) is 66.5 Å². The molecule has 0 saturated heterocycles.